The van der Waals surface area contributed by atoms with Gasteiger partial charge in [0.2, 0.25) is 5.91 Å². The average molecular weight is 632 g/mol. The summed E-state index contributed by atoms with van der Waals surface area (Å²) < 4.78 is 1.22. The zero-order valence-electron chi connectivity index (χ0n) is 23.6. The number of nitro benzene ring substituents is 2. The summed E-state index contributed by atoms with van der Waals surface area (Å²) in [5, 5.41) is 54.6. The molecular weight excluding hydrogens is 606 g/mol. The van der Waals surface area contributed by atoms with Crippen molar-refractivity contribution >= 4 is 29.1 Å². The summed E-state index contributed by atoms with van der Waals surface area (Å²) in [6.07, 6.45) is 9.02. The molecule has 4 rings (SSSR count). The summed E-state index contributed by atoms with van der Waals surface area (Å²) in [6.45, 7) is 0. The number of rotatable bonds is 10. The molecule has 17 nitrogen and oxygen atoms in total. The number of phenols is 1. The van der Waals surface area contributed by atoms with Crippen LogP contribution in [0.3, 0.4) is 0 Å². The third kappa shape index (κ3) is 7.98. The van der Waals surface area contributed by atoms with Crippen LogP contribution in [0.15, 0.2) is 102 Å². The minimum Gasteiger partial charge on any atom is -0.507 e. The minimum absolute atomic E-state index is 0.0497. The number of hydrogen-bond donors (Lipinski definition) is 6. The quantitative estimate of drug-likeness (QED) is 0.108. The Kier molecular flexibility index (Phi) is 9.87. The highest BCUT2D eigenvalue weighted by Gasteiger charge is 2.25. The lowest BCUT2D eigenvalue weighted by Crippen LogP contribution is -2.53. The maximum Gasteiger partial charge on any atom is 0.300 e. The Morgan fingerprint density at radius 2 is 1.78 bits per heavy atom. The summed E-state index contributed by atoms with van der Waals surface area (Å²) >= 11 is 0. The maximum atomic E-state index is 13.2. The number of amides is 3. The number of aliphatic hydroxyl groups excluding tert-OH is 2. The van der Waals surface area contributed by atoms with E-state index in [1.165, 1.54) is 59.6 Å². The Bertz CT molecular complexity index is 1840. The number of nitrogens with one attached hydrogen (secondary N) is 3. The van der Waals surface area contributed by atoms with Crippen molar-refractivity contribution in [3.05, 3.63) is 134 Å². The van der Waals surface area contributed by atoms with Crippen molar-refractivity contribution in [2.45, 2.75) is 18.9 Å². The van der Waals surface area contributed by atoms with Crippen molar-refractivity contribution < 1.29 is 39.5 Å². The standard InChI is InChI=1S/C29H25N7O10/c37-24-6-2-1-5-20(24)28(41)32-33-29(42)21(31-27(40)11-8-17-4-3-7-25(38)26(39)12-17)13-18-15-34(16-30-18)22-10-9-19(35(43)44)14-23(22)36(45)46/h1-3,5-12,14-16,21,37-39H,4,13H2,(H,31,40)(H,32,41)(H,33,42)/b11-8+/t21-/m0/s1. The third-order valence-corrected chi connectivity index (χ3v) is 6.44. The predicted molar refractivity (Wildman–Crippen MR) is 159 cm³/mol. The summed E-state index contributed by atoms with van der Waals surface area (Å²) in [5.41, 5.74) is 3.68. The van der Waals surface area contributed by atoms with E-state index in [4.69, 9.17) is 0 Å². The van der Waals surface area contributed by atoms with Crippen LogP contribution in [0.2, 0.25) is 0 Å². The van der Waals surface area contributed by atoms with E-state index in [-0.39, 0.29) is 41.3 Å². The van der Waals surface area contributed by atoms with Crippen LogP contribution in [0.25, 0.3) is 5.69 Å². The number of hydrogen-bond acceptors (Lipinski definition) is 11. The molecule has 236 valence electrons. The van der Waals surface area contributed by atoms with Gasteiger partial charge in [0.05, 0.1) is 33.5 Å². The van der Waals surface area contributed by atoms with Gasteiger partial charge in [-0.15, -0.1) is 0 Å². The fourth-order valence-corrected chi connectivity index (χ4v) is 4.17. The first-order chi connectivity index (χ1) is 21.9. The molecule has 0 radical (unpaired) electrons. The summed E-state index contributed by atoms with van der Waals surface area (Å²) in [5.74, 6) is -3.62. The molecule has 0 unspecified atom stereocenters. The van der Waals surface area contributed by atoms with E-state index in [9.17, 15) is 49.9 Å². The molecule has 6 N–H and O–H groups in total. The van der Waals surface area contributed by atoms with Crippen molar-refractivity contribution in [2.75, 3.05) is 0 Å². The number of aliphatic hydroxyl groups is 2. The van der Waals surface area contributed by atoms with E-state index >= 15 is 0 Å². The number of carbonyl (C=O) groups excluding carboxylic acids is 3. The number of benzene rings is 2. The lowest BCUT2D eigenvalue weighted by molar-refractivity contribution is -0.394. The van der Waals surface area contributed by atoms with Crippen LogP contribution in [-0.2, 0) is 16.0 Å². The molecule has 0 bridgehead atoms. The van der Waals surface area contributed by atoms with Gasteiger partial charge in [0.25, 0.3) is 23.2 Å². The van der Waals surface area contributed by atoms with E-state index in [1.54, 1.807) is 6.08 Å². The molecule has 0 fully saturated rings. The molecule has 17 heteroatoms. The molecule has 46 heavy (non-hydrogen) atoms. The molecule has 0 spiro atoms. The second-order valence-electron chi connectivity index (χ2n) is 9.61. The molecule has 2 aromatic carbocycles. The summed E-state index contributed by atoms with van der Waals surface area (Å²) in [7, 11) is 0. The molecule has 0 saturated carbocycles. The van der Waals surface area contributed by atoms with Gasteiger partial charge >= 0.3 is 0 Å². The number of aromatic nitrogens is 2. The number of non-ortho nitro benzene ring substituents is 1. The number of carbonyl (C=O) groups is 3. The van der Waals surface area contributed by atoms with Crippen LogP contribution in [0.1, 0.15) is 22.5 Å². The Labute approximate surface area is 258 Å². The highest BCUT2D eigenvalue weighted by Crippen LogP contribution is 2.28. The van der Waals surface area contributed by atoms with Crippen molar-refractivity contribution in [3.63, 3.8) is 0 Å². The van der Waals surface area contributed by atoms with E-state index in [2.05, 4.69) is 21.2 Å². The predicted octanol–water partition coefficient (Wildman–Crippen LogP) is 2.65. The van der Waals surface area contributed by atoms with Gasteiger partial charge in [-0.25, -0.2) is 4.98 Å². The molecule has 0 aliphatic heterocycles. The smallest absolute Gasteiger partial charge is 0.300 e. The monoisotopic (exact) mass is 631 g/mol. The van der Waals surface area contributed by atoms with E-state index in [0.717, 1.165) is 24.3 Å². The molecule has 0 saturated heterocycles. The summed E-state index contributed by atoms with van der Waals surface area (Å²) in [4.78, 5) is 63.7. The third-order valence-electron chi connectivity index (χ3n) is 6.44. The second-order valence-corrected chi connectivity index (χ2v) is 9.61. The lowest BCUT2D eigenvalue weighted by atomic mass is 10.1. The van der Waals surface area contributed by atoms with Crippen molar-refractivity contribution in [1.29, 1.82) is 0 Å². The fourth-order valence-electron chi connectivity index (χ4n) is 4.17. The topological polar surface area (TPSA) is 252 Å². The van der Waals surface area contributed by atoms with Gasteiger partial charge in [0.15, 0.2) is 11.5 Å². The van der Waals surface area contributed by atoms with Crippen LogP contribution in [0.4, 0.5) is 11.4 Å². The maximum absolute atomic E-state index is 13.2. The zero-order chi connectivity index (χ0) is 33.4. The largest absolute Gasteiger partial charge is 0.507 e. The van der Waals surface area contributed by atoms with E-state index in [0.29, 0.717) is 5.57 Å². The van der Waals surface area contributed by atoms with Crippen LogP contribution in [0, 0.1) is 20.2 Å². The Balaban J connectivity index is 1.55. The minimum atomic E-state index is -1.38. The molecule has 1 atom stereocenters. The molecule has 3 amide bonds. The first-order valence-electron chi connectivity index (χ1n) is 13.2. The molecule has 1 aromatic heterocycles. The SMILES string of the molecule is O=C(/C=C/C1=CC(O)=C(O)C=CC1)N[C@@H](Cc1cn(-c2ccc([N+](=O)[O-])cc2[N+](=O)[O-])cn1)C(=O)NNC(=O)c1ccccc1O. The molecule has 3 aromatic rings. The lowest BCUT2D eigenvalue weighted by Gasteiger charge is -2.17. The second kappa shape index (κ2) is 14.1. The van der Waals surface area contributed by atoms with Crippen LogP contribution in [0.5, 0.6) is 5.75 Å². The Hall–Kier alpha value is -6.78. The van der Waals surface area contributed by atoms with Crippen LogP contribution >= 0.6 is 0 Å². The van der Waals surface area contributed by atoms with Gasteiger partial charge in [-0.2, -0.15) is 0 Å². The first-order valence-corrected chi connectivity index (χ1v) is 13.2. The number of allylic oxidation sites excluding steroid dienone is 5. The number of para-hydroxylation sites is 1. The van der Waals surface area contributed by atoms with Gasteiger partial charge in [0, 0.05) is 24.8 Å². The Morgan fingerprint density at radius 1 is 1.02 bits per heavy atom. The molecular formula is C29H25N7O10. The number of nitrogens with zero attached hydrogens (tertiary/aromatic N) is 4. The van der Waals surface area contributed by atoms with Gasteiger partial charge in [-0.3, -0.25) is 50.0 Å². The van der Waals surface area contributed by atoms with Gasteiger partial charge < -0.3 is 20.6 Å². The molecule has 1 aliphatic carbocycles. The summed E-state index contributed by atoms with van der Waals surface area (Å²) in [6, 6.07) is 7.23. The molecule has 1 heterocycles. The average Bonchev–Trinajstić information content (AvgIpc) is 3.43. The number of hydrazine groups is 1. The fraction of sp³-hybridized carbons (Fsp3) is 0.103. The van der Waals surface area contributed by atoms with Gasteiger partial charge in [-0.05, 0) is 42.3 Å². The Morgan fingerprint density at radius 3 is 2.50 bits per heavy atom. The van der Waals surface area contributed by atoms with E-state index < -0.39 is 50.7 Å². The highest BCUT2D eigenvalue weighted by molar-refractivity contribution is 5.99. The highest BCUT2D eigenvalue weighted by atomic mass is 16.6. The van der Waals surface area contributed by atoms with Crippen molar-refractivity contribution in [1.82, 2.24) is 25.7 Å². The normalized spacial score (nSPS) is 13.4. The van der Waals surface area contributed by atoms with Crippen molar-refractivity contribution in [3.8, 4) is 11.4 Å². The first kappa shape index (κ1) is 32.1. The van der Waals surface area contributed by atoms with Crippen LogP contribution < -0.4 is 16.2 Å². The van der Waals surface area contributed by atoms with Gasteiger partial charge in [-0.1, -0.05) is 24.3 Å². The number of aromatic hydroxyl groups is 1. The number of phenolic OH excluding ortho intramolecular Hbond substituents is 1. The van der Waals surface area contributed by atoms with Crippen molar-refractivity contribution in [2.24, 2.45) is 0 Å². The van der Waals surface area contributed by atoms with E-state index in [1.807, 2.05) is 0 Å². The van der Waals surface area contributed by atoms with Crippen LogP contribution in [-0.4, -0.2) is 58.5 Å². The number of nitro groups is 2. The molecule has 1 aliphatic rings. The van der Waals surface area contributed by atoms with Gasteiger partial charge in [0.1, 0.15) is 17.5 Å². The number of imidazole rings is 1. The zero-order valence-corrected chi connectivity index (χ0v) is 23.6.